The zero-order valence-corrected chi connectivity index (χ0v) is 10.9. The van der Waals surface area contributed by atoms with E-state index in [4.69, 9.17) is 10.8 Å². The quantitative estimate of drug-likeness (QED) is 0.475. The van der Waals surface area contributed by atoms with Crippen LogP contribution in [0.1, 0.15) is 16.8 Å². The molecule has 0 unspecified atom stereocenters. The predicted octanol–water partition coefficient (Wildman–Crippen LogP) is 0.784. The van der Waals surface area contributed by atoms with Crippen molar-refractivity contribution in [1.82, 2.24) is 5.32 Å². The molecule has 1 aromatic rings. The number of amides is 1. The zero-order valence-electron chi connectivity index (χ0n) is 8.74. The first-order chi connectivity index (χ1) is 7.91. The second kappa shape index (κ2) is 5.71. The van der Waals surface area contributed by atoms with Crippen molar-refractivity contribution >= 4 is 40.2 Å². The molecule has 0 aliphatic heterocycles. The summed E-state index contributed by atoms with van der Waals surface area (Å²) >= 11 is 1.94. The fourth-order valence-corrected chi connectivity index (χ4v) is 1.61. The van der Waals surface area contributed by atoms with Crippen molar-refractivity contribution < 1.29 is 19.8 Å². The molecule has 1 rings (SSSR count). The molecule has 0 aliphatic rings. The Bertz CT molecular complexity index is 462. The highest BCUT2D eigenvalue weighted by Crippen LogP contribution is 2.25. The van der Waals surface area contributed by atoms with Crippen LogP contribution in [-0.4, -0.2) is 28.6 Å². The van der Waals surface area contributed by atoms with Gasteiger partial charge in [0.25, 0.3) is 5.91 Å². The molecule has 17 heavy (non-hydrogen) atoms. The Morgan fingerprint density at radius 2 is 2.06 bits per heavy atom. The number of phenols is 1. The maximum atomic E-state index is 11.6. The molecule has 5 N–H and O–H groups in total. The summed E-state index contributed by atoms with van der Waals surface area (Å²) in [4.78, 5) is 21.9. The number of aliphatic carboxylic acids is 1. The van der Waals surface area contributed by atoms with Crippen molar-refractivity contribution in [3.63, 3.8) is 0 Å². The molecule has 7 heteroatoms. The lowest BCUT2D eigenvalue weighted by Crippen LogP contribution is -2.26. The lowest BCUT2D eigenvalue weighted by atomic mass is 10.1. The van der Waals surface area contributed by atoms with Crippen LogP contribution in [0.15, 0.2) is 12.1 Å². The molecule has 6 nitrogen and oxygen atoms in total. The van der Waals surface area contributed by atoms with Crippen molar-refractivity contribution in [2.24, 2.45) is 0 Å². The van der Waals surface area contributed by atoms with Crippen molar-refractivity contribution in [3.8, 4) is 5.75 Å². The Labute approximate surface area is 111 Å². The molecule has 0 bridgehead atoms. The van der Waals surface area contributed by atoms with Gasteiger partial charge in [0.2, 0.25) is 0 Å². The Kier molecular flexibility index (Phi) is 4.55. The third-order valence-electron chi connectivity index (χ3n) is 1.98. The van der Waals surface area contributed by atoms with Crippen LogP contribution >= 0.6 is 22.6 Å². The minimum Gasteiger partial charge on any atom is -0.507 e. The number of nitrogens with two attached hydrogens (primary N) is 1. The van der Waals surface area contributed by atoms with E-state index in [-0.39, 0.29) is 24.3 Å². The molecular weight excluding hydrogens is 337 g/mol. The van der Waals surface area contributed by atoms with Gasteiger partial charge in [-0.25, -0.2) is 0 Å². The van der Waals surface area contributed by atoms with Gasteiger partial charge in [-0.3, -0.25) is 9.59 Å². The number of carboxylic acid groups (broad SMARTS) is 1. The van der Waals surface area contributed by atoms with Crippen molar-refractivity contribution in [2.45, 2.75) is 6.42 Å². The summed E-state index contributed by atoms with van der Waals surface area (Å²) in [7, 11) is 0. The van der Waals surface area contributed by atoms with E-state index in [1.54, 1.807) is 0 Å². The van der Waals surface area contributed by atoms with Gasteiger partial charge in [0, 0.05) is 21.9 Å². The number of aromatic hydroxyl groups is 1. The number of anilines is 1. The molecule has 1 amide bonds. The third-order valence-corrected chi connectivity index (χ3v) is 2.92. The van der Waals surface area contributed by atoms with Gasteiger partial charge in [-0.1, -0.05) is 0 Å². The van der Waals surface area contributed by atoms with Crippen LogP contribution in [0.2, 0.25) is 0 Å². The smallest absolute Gasteiger partial charge is 0.305 e. The largest absolute Gasteiger partial charge is 0.507 e. The number of rotatable bonds is 4. The van der Waals surface area contributed by atoms with Gasteiger partial charge in [0.05, 0.1) is 12.0 Å². The number of nitrogens with one attached hydrogen (secondary N) is 1. The Morgan fingerprint density at radius 1 is 1.41 bits per heavy atom. The summed E-state index contributed by atoms with van der Waals surface area (Å²) in [5.41, 5.74) is 6.01. The van der Waals surface area contributed by atoms with E-state index >= 15 is 0 Å². The lowest BCUT2D eigenvalue weighted by Gasteiger charge is -2.07. The minimum atomic E-state index is -0.999. The summed E-state index contributed by atoms with van der Waals surface area (Å²) in [6, 6.07) is 2.73. The highest BCUT2D eigenvalue weighted by molar-refractivity contribution is 14.1. The van der Waals surface area contributed by atoms with Crippen LogP contribution in [-0.2, 0) is 4.79 Å². The molecule has 0 aromatic heterocycles. The van der Waals surface area contributed by atoms with Gasteiger partial charge < -0.3 is 21.3 Å². The monoisotopic (exact) mass is 348 g/mol. The molecule has 92 valence electrons. The fourth-order valence-electron chi connectivity index (χ4n) is 1.14. The maximum Gasteiger partial charge on any atom is 0.305 e. The summed E-state index contributed by atoms with van der Waals surface area (Å²) in [6.45, 7) is 0.00849. The molecule has 0 radical (unpaired) electrons. The number of hydrogen-bond donors (Lipinski definition) is 4. The second-order valence-corrected chi connectivity index (χ2v) is 4.45. The first kappa shape index (κ1) is 13.6. The topological polar surface area (TPSA) is 113 Å². The van der Waals surface area contributed by atoms with Crippen LogP contribution in [0.5, 0.6) is 5.75 Å². The van der Waals surface area contributed by atoms with E-state index in [0.29, 0.717) is 9.26 Å². The summed E-state index contributed by atoms with van der Waals surface area (Å²) < 4.78 is 0.642. The van der Waals surface area contributed by atoms with Crippen molar-refractivity contribution in [1.29, 1.82) is 0 Å². The number of phenolic OH excluding ortho intramolecular Hbond substituents is 1. The highest BCUT2D eigenvalue weighted by Gasteiger charge is 2.13. The number of halogens is 1. The molecule has 0 saturated carbocycles. The van der Waals surface area contributed by atoms with E-state index in [9.17, 15) is 14.7 Å². The molecule has 0 heterocycles. The number of carbonyl (C=O) groups excluding carboxylic acids is 1. The number of benzene rings is 1. The number of nitrogen functional groups attached to an aromatic ring is 1. The Morgan fingerprint density at radius 3 is 2.65 bits per heavy atom. The number of carboxylic acids is 1. The van der Waals surface area contributed by atoms with Gasteiger partial charge in [-0.15, -0.1) is 0 Å². The Balaban J connectivity index is 2.75. The van der Waals surface area contributed by atoms with Gasteiger partial charge in [-0.2, -0.15) is 0 Å². The van der Waals surface area contributed by atoms with Crippen LogP contribution in [0.25, 0.3) is 0 Å². The summed E-state index contributed by atoms with van der Waals surface area (Å²) in [5.74, 6) is -1.75. The van der Waals surface area contributed by atoms with Gasteiger partial charge >= 0.3 is 5.97 Å². The fraction of sp³-hybridized carbons (Fsp3) is 0.200. The van der Waals surface area contributed by atoms with E-state index in [1.807, 2.05) is 22.6 Å². The van der Waals surface area contributed by atoms with Gasteiger partial charge in [-0.05, 0) is 28.7 Å². The van der Waals surface area contributed by atoms with E-state index in [1.165, 1.54) is 12.1 Å². The first-order valence-corrected chi connectivity index (χ1v) is 5.77. The zero-order chi connectivity index (χ0) is 13.0. The SMILES string of the molecule is Nc1cc(O)c(C(=O)NCCC(=O)O)cc1[125I]. The average molecular weight is 348 g/mol. The molecule has 0 spiro atoms. The van der Waals surface area contributed by atoms with Crippen LogP contribution in [0.4, 0.5) is 5.69 Å². The second-order valence-electron chi connectivity index (χ2n) is 3.29. The average Bonchev–Trinajstić information content (AvgIpc) is 2.22. The normalized spacial score (nSPS) is 9.94. The van der Waals surface area contributed by atoms with E-state index in [0.717, 1.165) is 0 Å². The van der Waals surface area contributed by atoms with Crippen molar-refractivity contribution in [3.05, 3.63) is 21.3 Å². The van der Waals surface area contributed by atoms with Gasteiger partial charge in [0.1, 0.15) is 5.75 Å². The molecule has 0 aliphatic carbocycles. The summed E-state index contributed by atoms with van der Waals surface area (Å²) in [6.07, 6.45) is -0.168. The highest BCUT2D eigenvalue weighted by atomic mass is 125. The van der Waals surface area contributed by atoms with Crippen LogP contribution in [0.3, 0.4) is 0 Å². The molecule has 1 aromatic carbocycles. The van der Waals surface area contributed by atoms with Crippen LogP contribution < -0.4 is 11.1 Å². The van der Waals surface area contributed by atoms with Crippen molar-refractivity contribution in [2.75, 3.05) is 12.3 Å². The summed E-state index contributed by atoms with van der Waals surface area (Å²) in [5, 5.41) is 20.3. The molecule has 0 fully saturated rings. The third kappa shape index (κ3) is 3.77. The van der Waals surface area contributed by atoms with Gasteiger partial charge in [0.15, 0.2) is 0 Å². The number of carbonyl (C=O) groups is 2. The standard InChI is InChI=1S/C10H11IN2O4/c11-6-3-5(8(14)4-7(6)12)10(17)13-2-1-9(15)16/h3-4,14H,1-2,12H2,(H,13,17)(H,15,16)/i11-2. The lowest BCUT2D eigenvalue weighted by molar-refractivity contribution is -0.136. The predicted molar refractivity (Wildman–Crippen MR) is 69.8 cm³/mol. The molecule has 0 atom stereocenters. The minimum absolute atomic E-state index is 0.00849. The van der Waals surface area contributed by atoms with E-state index in [2.05, 4.69) is 5.32 Å². The van der Waals surface area contributed by atoms with Crippen LogP contribution in [0, 0.1) is 3.57 Å². The maximum absolute atomic E-state index is 11.6. The molecule has 0 saturated heterocycles. The molecular formula is C10H11IN2O4. The first-order valence-electron chi connectivity index (χ1n) is 4.69. The number of hydrogen-bond acceptors (Lipinski definition) is 4. The van der Waals surface area contributed by atoms with E-state index < -0.39 is 11.9 Å². The Hall–Kier alpha value is -1.51.